The van der Waals surface area contributed by atoms with Gasteiger partial charge in [-0.15, -0.1) is 10.2 Å². The summed E-state index contributed by atoms with van der Waals surface area (Å²) in [5, 5.41) is 20.3. The van der Waals surface area contributed by atoms with Crippen LogP contribution in [0.25, 0.3) is 5.69 Å². The summed E-state index contributed by atoms with van der Waals surface area (Å²) in [5.74, 6) is 1.49. The number of nitrogens with zero attached hydrogens (tertiary/aromatic N) is 4. The Labute approximate surface area is 173 Å². The monoisotopic (exact) mass is 390 g/mol. The molecule has 1 N–H and O–H groups in total. The number of hydrogen-bond donors (Lipinski definition) is 1. The van der Waals surface area contributed by atoms with Crippen LogP contribution in [0.2, 0.25) is 0 Å². The number of para-hydroxylation sites is 1. The van der Waals surface area contributed by atoms with Gasteiger partial charge in [-0.3, -0.25) is 4.57 Å². The zero-order chi connectivity index (χ0) is 20.4. The van der Waals surface area contributed by atoms with Gasteiger partial charge >= 0.3 is 0 Å². The highest BCUT2D eigenvalue weighted by molar-refractivity contribution is 5.48. The van der Waals surface area contributed by atoms with E-state index >= 15 is 0 Å². The molecular formula is C24H30N4O. The minimum Gasteiger partial charge on any atom is -0.382 e. The summed E-state index contributed by atoms with van der Waals surface area (Å²) in [5.41, 5.74) is 3.83. The van der Waals surface area contributed by atoms with Crippen molar-refractivity contribution >= 4 is 0 Å². The van der Waals surface area contributed by atoms with Crippen LogP contribution in [-0.4, -0.2) is 44.4 Å². The maximum atomic E-state index is 11.5. The molecule has 4 rings (SSSR count). The van der Waals surface area contributed by atoms with E-state index in [2.05, 4.69) is 82.0 Å². The van der Waals surface area contributed by atoms with E-state index < -0.39 is 5.60 Å². The molecule has 0 aliphatic carbocycles. The van der Waals surface area contributed by atoms with Crippen molar-refractivity contribution < 1.29 is 5.11 Å². The van der Waals surface area contributed by atoms with Crippen molar-refractivity contribution in [2.24, 2.45) is 0 Å². The molecule has 5 nitrogen and oxygen atoms in total. The number of hydrogen-bond acceptors (Lipinski definition) is 4. The maximum Gasteiger partial charge on any atom is 0.169 e. The molecule has 2 aromatic carbocycles. The molecule has 152 valence electrons. The van der Waals surface area contributed by atoms with Gasteiger partial charge < -0.3 is 10.0 Å². The van der Waals surface area contributed by atoms with E-state index in [1.54, 1.807) is 0 Å². The Balaban J connectivity index is 1.52. The van der Waals surface area contributed by atoms with Crippen LogP contribution in [0.4, 0.5) is 0 Å². The summed E-state index contributed by atoms with van der Waals surface area (Å²) < 4.78 is 2.06. The quantitative estimate of drug-likeness (QED) is 0.721. The second kappa shape index (κ2) is 8.09. The predicted octanol–water partition coefficient (Wildman–Crippen LogP) is 3.72. The first-order valence-corrected chi connectivity index (χ1v) is 10.5. The van der Waals surface area contributed by atoms with E-state index in [1.807, 2.05) is 6.92 Å². The van der Waals surface area contributed by atoms with Gasteiger partial charge in [0.1, 0.15) is 11.4 Å². The number of piperidine rings is 1. The van der Waals surface area contributed by atoms with E-state index in [0.717, 1.165) is 48.7 Å². The van der Waals surface area contributed by atoms with Gasteiger partial charge in [-0.1, -0.05) is 48.5 Å². The molecule has 1 aliphatic heterocycles. The van der Waals surface area contributed by atoms with Gasteiger partial charge in [0.2, 0.25) is 0 Å². The van der Waals surface area contributed by atoms with Crippen molar-refractivity contribution in [1.29, 1.82) is 0 Å². The van der Waals surface area contributed by atoms with E-state index in [-0.39, 0.29) is 0 Å². The maximum absolute atomic E-state index is 11.5. The number of aryl methyl sites for hydroxylation is 3. The van der Waals surface area contributed by atoms with Crippen molar-refractivity contribution in [2.45, 2.75) is 45.6 Å². The highest BCUT2D eigenvalue weighted by atomic mass is 16.3. The zero-order valence-corrected chi connectivity index (χ0v) is 17.6. The Bertz CT molecular complexity index is 952. The summed E-state index contributed by atoms with van der Waals surface area (Å²) in [6.07, 6.45) is 2.38. The topological polar surface area (TPSA) is 54.2 Å². The number of aliphatic hydroxyl groups is 1. The lowest BCUT2D eigenvalue weighted by Gasteiger charge is -2.37. The van der Waals surface area contributed by atoms with E-state index in [9.17, 15) is 5.11 Å². The second-order valence-electron chi connectivity index (χ2n) is 8.26. The molecule has 0 spiro atoms. The lowest BCUT2D eigenvalue weighted by molar-refractivity contribution is -0.0340. The molecule has 5 heteroatoms. The van der Waals surface area contributed by atoms with Gasteiger partial charge in [-0.25, -0.2) is 0 Å². The highest BCUT2D eigenvalue weighted by Gasteiger charge is 2.39. The molecule has 3 aromatic rings. The van der Waals surface area contributed by atoms with Gasteiger partial charge in [0.25, 0.3) is 0 Å². The smallest absolute Gasteiger partial charge is 0.169 e. The molecule has 2 heterocycles. The second-order valence-corrected chi connectivity index (χ2v) is 8.26. The third kappa shape index (κ3) is 3.98. The number of benzene rings is 2. The molecule has 0 saturated carbocycles. The minimum absolute atomic E-state index is 0.671. The van der Waals surface area contributed by atoms with Crippen molar-refractivity contribution in [1.82, 2.24) is 19.7 Å². The molecule has 0 radical (unpaired) electrons. The predicted molar refractivity (Wildman–Crippen MR) is 115 cm³/mol. The van der Waals surface area contributed by atoms with Crippen LogP contribution in [-0.2, 0) is 12.0 Å². The first-order valence-electron chi connectivity index (χ1n) is 10.5. The van der Waals surface area contributed by atoms with Gasteiger partial charge in [-0.05, 0) is 56.7 Å². The number of likely N-dealkylation sites (tertiary alicyclic amines) is 1. The van der Waals surface area contributed by atoms with Crippen molar-refractivity contribution in [3.05, 3.63) is 76.9 Å². The van der Waals surface area contributed by atoms with Gasteiger partial charge in [0.15, 0.2) is 5.82 Å². The summed E-state index contributed by atoms with van der Waals surface area (Å²) >= 11 is 0. The molecule has 1 saturated heterocycles. The number of aromatic nitrogens is 3. The molecule has 1 aromatic heterocycles. The van der Waals surface area contributed by atoms with E-state index in [1.165, 1.54) is 5.56 Å². The molecule has 1 fully saturated rings. The number of rotatable bonds is 5. The Hall–Kier alpha value is -2.50. The van der Waals surface area contributed by atoms with Gasteiger partial charge in [-0.2, -0.15) is 0 Å². The Morgan fingerprint density at radius 2 is 1.55 bits per heavy atom. The SMILES string of the molecule is Cc1cccc(C)c1-n1c(C)nnc1C1(O)CCN(CCc2ccccc2)CC1. The molecule has 29 heavy (non-hydrogen) atoms. The summed E-state index contributed by atoms with van der Waals surface area (Å²) in [4.78, 5) is 2.44. The fraction of sp³-hybridized carbons (Fsp3) is 0.417. The molecule has 0 bridgehead atoms. The zero-order valence-electron chi connectivity index (χ0n) is 17.6. The first-order chi connectivity index (χ1) is 14.0. The van der Waals surface area contributed by atoms with Crippen LogP contribution >= 0.6 is 0 Å². The van der Waals surface area contributed by atoms with Crippen LogP contribution in [0.5, 0.6) is 0 Å². The van der Waals surface area contributed by atoms with Crippen LogP contribution < -0.4 is 0 Å². The average Bonchev–Trinajstić information content (AvgIpc) is 3.10. The Morgan fingerprint density at radius 1 is 0.897 bits per heavy atom. The average molecular weight is 391 g/mol. The van der Waals surface area contributed by atoms with Crippen LogP contribution in [0.15, 0.2) is 48.5 Å². The Morgan fingerprint density at radius 3 is 2.21 bits per heavy atom. The van der Waals surface area contributed by atoms with Crippen LogP contribution in [0, 0.1) is 20.8 Å². The van der Waals surface area contributed by atoms with E-state index in [0.29, 0.717) is 18.7 Å². The third-order valence-corrected chi connectivity index (χ3v) is 6.15. The lowest BCUT2D eigenvalue weighted by Crippen LogP contribution is -2.44. The molecule has 0 unspecified atom stereocenters. The lowest BCUT2D eigenvalue weighted by atomic mass is 9.90. The van der Waals surface area contributed by atoms with Crippen molar-refractivity contribution in [2.75, 3.05) is 19.6 Å². The minimum atomic E-state index is -0.945. The standard InChI is InChI=1S/C24H30N4O/c1-18-8-7-9-19(2)22(18)28-20(3)25-26-23(28)24(29)13-16-27(17-14-24)15-12-21-10-5-4-6-11-21/h4-11,29H,12-17H2,1-3H3. The summed E-state index contributed by atoms with van der Waals surface area (Å²) in [7, 11) is 0. The van der Waals surface area contributed by atoms with Crippen LogP contribution in [0.3, 0.4) is 0 Å². The van der Waals surface area contributed by atoms with Gasteiger partial charge in [0.05, 0.1) is 5.69 Å². The summed E-state index contributed by atoms with van der Waals surface area (Å²) in [6.45, 7) is 8.90. The Kier molecular flexibility index (Phi) is 5.52. The summed E-state index contributed by atoms with van der Waals surface area (Å²) in [6, 6.07) is 16.8. The first kappa shape index (κ1) is 19.8. The molecule has 1 aliphatic rings. The normalized spacial score (nSPS) is 16.8. The molecular weight excluding hydrogens is 360 g/mol. The van der Waals surface area contributed by atoms with Crippen molar-refractivity contribution in [3.63, 3.8) is 0 Å². The fourth-order valence-corrected chi connectivity index (χ4v) is 4.39. The molecule has 0 atom stereocenters. The van der Waals surface area contributed by atoms with Gasteiger partial charge in [0, 0.05) is 19.6 Å². The highest BCUT2D eigenvalue weighted by Crippen LogP contribution is 2.34. The van der Waals surface area contributed by atoms with Crippen LogP contribution in [0.1, 0.15) is 41.2 Å². The fourth-order valence-electron chi connectivity index (χ4n) is 4.39. The van der Waals surface area contributed by atoms with Crippen molar-refractivity contribution in [3.8, 4) is 5.69 Å². The largest absolute Gasteiger partial charge is 0.382 e. The third-order valence-electron chi connectivity index (χ3n) is 6.15. The van der Waals surface area contributed by atoms with E-state index in [4.69, 9.17) is 0 Å². The molecule has 0 amide bonds.